The van der Waals surface area contributed by atoms with Gasteiger partial charge in [-0.2, -0.15) is 0 Å². The molecule has 0 spiro atoms. The zero-order valence-electron chi connectivity index (χ0n) is 11.2. The highest BCUT2D eigenvalue weighted by atomic mass is 35.5. The molecule has 0 unspecified atom stereocenters. The van der Waals surface area contributed by atoms with E-state index in [1.807, 2.05) is 24.3 Å². The van der Waals surface area contributed by atoms with E-state index in [2.05, 4.69) is 11.9 Å². The van der Waals surface area contributed by atoms with E-state index in [1.54, 1.807) is 19.2 Å². The molecule has 0 bridgehead atoms. The fourth-order valence-electron chi connectivity index (χ4n) is 1.80. The highest BCUT2D eigenvalue weighted by Crippen LogP contribution is 2.21. The summed E-state index contributed by atoms with van der Waals surface area (Å²) in [6, 6.07) is 10.9. The van der Waals surface area contributed by atoms with Gasteiger partial charge in [0, 0.05) is 12.7 Å². The van der Waals surface area contributed by atoms with Crippen LogP contribution in [-0.2, 0) is 6.42 Å². The number of carbonyl (C=O) groups excluding carboxylic acids is 1. The number of hydrogen-bond donors (Lipinski definition) is 0. The first kappa shape index (κ1) is 14.8. The van der Waals surface area contributed by atoms with E-state index in [1.165, 1.54) is 10.5 Å². The van der Waals surface area contributed by atoms with E-state index in [9.17, 15) is 4.79 Å². The predicted molar refractivity (Wildman–Crippen MR) is 82.8 cm³/mol. The van der Waals surface area contributed by atoms with Gasteiger partial charge in [-0.25, -0.2) is 4.98 Å². The van der Waals surface area contributed by atoms with Crippen LogP contribution in [0.5, 0.6) is 0 Å². The molecule has 2 aromatic rings. The van der Waals surface area contributed by atoms with E-state index in [0.29, 0.717) is 0 Å². The molecule has 0 radical (unpaired) electrons. The molecule has 104 valence electrons. The number of carbonyl (C=O) groups is 1. The van der Waals surface area contributed by atoms with Gasteiger partial charge in [-0.1, -0.05) is 42.3 Å². The molecular formula is C15H14Cl2N2O. The number of pyridine rings is 1. The first-order chi connectivity index (χ1) is 9.52. The Bertz CT molecular complexity index is 626. The molecule has 0 aliphatic carbocycles. The Labute approximate surface area is 128 Å². The Balaban J connectivity index is 2.29. The highest BCUT2D eigenvalue weighted by molar-refractivity contribution is 6.35. The number of aryl methyl sites for hydroxylation is 1. The van der Waals surface area contributed by atoms with Crippen molar-refractivity contribution in [3.63, 3.8) is 0 Å². The number of nitrogens with zero attached hydrogens (tertiary/aromatic N) is 2. The minimum absolute atomic E-state index is 0.154. The Hall–Kier alpha value is -1.58. The average Bonchev–Trinajstić information content (AvgIpc) is 2.48. The summed E-state index contributed by atoms with van der Waals surface area (Å²) in [4.78, 5) is 17.9. The summed E-state index contributed by atoms with van der Waals surface area (Å²) in [5, 5.41) is 0.531. The maximum Gasteiger partial charge on any atom is 0.278 e. The molecule has 0 N–H and O–H groups in total. The molecule has 3 nitrogen and oxygen atoms in total. The minimum atomic E-state index is -0.290. The van der Waals surface area contributed by atoms with Crippen LogP contribution in [0.25, 0.3) is 0 Å². The molecule has 1 amide bonds. The molecule has 0 fully saturated rings. The number of aromatic nitrogens is 1. The highest BCUT2D eigenvalue weighted by Gasteiger charge is 2.18. The number of rotatable bonds is 3. The number of benzene rings is 1. The topological polar surface area (TPSA) is 33.2 Å². The minimum Gasteiger partial charge on any atom is -0.310 e. The van der Waals surface area contributed by atoms with Crippen LogP contribution in [0, 0.1) is 0 Å². The van der Waals surface area contributed by atoms with Crippen molar-refractivity contribution >= 4 is 34.8 Å². The second-order valence-electron chi connectivity index (χ2n) is 4.35. The van der Waals surface area contributed by atoms with Crippen LogP contribution in [0.3, 0.4) is 0 Å². The van der Waals surface area contributed by atoms with Crippen LogP contribution < -0.4 is 4.90 Å². The molecule has 0 aliphatic heterocycles. The summed E-state index contributed by atoms with van der Waals surface area (Å²) < 4.78 is 0. The average molecular weight is 309 g/mol. The van der Waals surface area contributed by atoms with Crippen LogP contribution in [0.1, 0.15) is 23.0 Å². The van der Waals surface area contributed by atoms with Crippen molar-refractivity contribution in [3.8, 4) is 0 Å². The van der Waals surface area contributed by atoms with Crippen molar-refractivity contribution in [1.29, 1.82) is 0 Å². The van der Waals surface area contributed by atoms with Crippen molar-refractivity contribution < 1.29 is 4.79 Å². The SMILES string of the molecule is CCc1ccc(N(C)C(=O)c2nc(Cl)ccc2Cl)cc1. The first-order valence-corrected chi connectivity index (χ1v) is 6.97. The largest absolute Gasteiger partial charge is 0.310 e. The molecule has 1 aromatic heterocycles. The third-order valence-corrected chi connectivity index (χ3v) is 3.57. The van der Waals surface area contributed by atoms with Gasteiger partial charge in [-0.15, -0.1) is 0 Å². The number of anilines is 1. The molecule has 0 saturated carbocycles. The van der Waals surface area contributed by atoms with Crippen LogP contribution in [0.4, 0.5) is 5.69 Å². The maximum atomic E-state index is 12.4. The van der Waals surface area contributed by atoms with Gasteiger partial charge in [0.05, 0.1) is 5.02 Å². The van der Waals surface area contributed by atoms with Crippen molar-refractivity contribution in [2.24, 2.45) is 0 Å². The summed E-state index contributed by atoms with van der Waals surface area (Å²) in [7, 11) is 1.68. The van der Waals surface area contributed by atoms with E-state index >= 15 is 0 Å². The Morgan fingerprint density at radius 1 is 1.15 bits per heavy atom. The third-order valence-electron chi connectivity index (χ3n) is 3.05. The van der Waals surface area contributed by atoms with Gasteiger partial charge in [0.1, 0.15) is 10.8 Å². The summed E-state index contributed by atoms with van der Waals surface area (Å²) >= 11 is 11.8. The third kappa shape index (κ3) is 3.11. The molecular weight excluding hydrogens is 295 g/mol. The van der Waals surface area contributed by atoms with Crippen LogP contribution >= 0.6 is 23.2 Å². The summed E-state index contributed by atoms with van der Waals surface area (Å²) in [6.45, 7) is 2.08. The van der Waals surface area contributed by atoms with Gasteiger partial charge < -0.3 is 4.90 Å². The second kappa shape index (κ2) is 6.25. The maximum absolute atomic E-state index is 12.4. The van der Waals surface area contributed by atoms with E-state index in [-0.39, 0.29) is 21.8 Å². The van der Waals surface area contributed by atoms with Gasteiger partial charge in [-0.05, 0) is 36.2 Å². The smallest absolute Gasteiger partial charge is 0.278 e. The molecule has 2 rings (SSSR count). The molecule has 5 heteroatoms. The lowest BCUT2D eigenvalue weighted by Crippen LogP contribution is -2.27. The van der Waals surface area contributed by atoms with Crippen LogP contribution in [-0.4, -0.2) is 17.9 Å². The quantitative estimate of drug-likeness (QED) is 0.795. The van der Waals surface area contributed by atoms with E-state index in [0.717, 1.165) is 12.1 Å². The lowest BCUT2D eigenvalue weighted by molar-refractivity contribution is 0.0988. The summed E-state index contributed by atoms with van der Waals surface area (Å²) in [6.07, 6.45) is 0.958. The number of hydrogen-bond acceptors (Lipinski definition) is 2. The molecule has 0 atom stereocenters. The second-order valence-corrected chi connectivity index (χ2v) is 5.14. The van der Waals surface area contributed by atoms with Gasteiger partial charge in [0.15, 0.2) is 0 Å². The Kier molecular flexibility index (Phi) is 4.63. The van der Waals surface area contributed by atoms with Crippen LogP contribution in [0.2, 0.25) is 10.2 Å². The standard InChI is InChI=1S/C15H14Cl2N2O/c1-3-10-4-6-11(7-5-10)19(2)15(20)14-12(16)8-9-13(17)18-14/h4-9H,3H2,1-2H3. The van der Waals surface area contributed by atoms with Crippen LogP contribution in [0.15, 0.2) is 36.4 Å². The van der Waals surface area contributed by atoms with Gasteiger partial charge in [0.2, 0.25) is 0 Å². The normalized spacial score (nSPS) is 10.4. The molecule has 0 saturated heterocycles. The Morgan fingerprint density at radius 2 is 1.80 bits per heavy atom. The van der Waals surface area contributed by atoms with E-state index < -0.39 is 0 Å². The molecule has 20 heavy (non-hydrogen) atoms. The van der Waals surface area contributed by atoms with Crippen molar-refractivity contribution in [2.45, 2.75) is 13.3 Å². The lowest BCUT2D eigenvalue weighted by atomic mass is 10.1. The van der Waals surface area contributed by atoms with E-state index in [4.69, 9.17) is 23.2 Å². The van der Waals surface area contributed by atoms with Gasteiger partial charge in [0.25, 0.3) is 5.91 Å². The zero-order chi connectivity index (χ0) is 14.7. The predicted octanol–water partition coefficient (Wildman–Crippen LogP) is 4.23. The number of halogens is 2. The summed E-state index contributed by atoms with van der Waals surface area (Å²) in [5.74, 6) is -0.290. The lowest BCUT2D eigenvalue weighted by Gasteiger charge is -2.17. The first-order valence-electron chi connectivity index (χ1n) is 6.22. The van der Waals surface area contributed by atoms with Crippen molar-refractivity contribution in [3.05, 3.63) is 57.8 Å². The zero-order valence-corrected chi connectivity index (χ0v) is 12.7. The van der Waals surface area contributed by atoms with Gasteiger partial charge >= 0.3 is 0 Å². The molecule has 1 heterocycles. The molecule has 1 aromatic carbocycles. The Morgan fingerprint density at radius 3 is 2.40 bits per heavy atom. The number of amides is 1. The fourth-order valence-corrected chi connectivity index (χ4v) is 2.13. The monoisotopic (exact) mass is 308 g/mol. The molecule has 0 aliphatic rings. The summed E-state index contributed by atoms with van der Waals surface area (Å²) in [5.41, 5.74) is 2.15. The van der Waals surface area contributed by atoms with Crippen molar-refractivity contribution in [2.75, 3.05) is 11.9 Å². The van der Waals surface area contributed by atoms with Gasteiger partial charge in [-0.3, -0.25) is 4.79 Å². The van der Waals surface area contributed by atoms with Crippen molar-refractivity contribution in [1.82, 2.24) is 4.98 Å². The fraction of sp³-hybridized carbons (Fsp3) is 0.200.